The van der Waals surface area contributed by atoms with Gasteiger partial charge in [-0.15, -0.1) is 44.2 Å². The van der Waals surface area contributed by atoms with Gasteiger partial charge in [-0.05, 0) is 70.9 Å². The normalized spacial score (nSPS) is 13.2. The van der Waals surface area contributed by atoms with Crippen molar-refractivity contribution in [2.45, 2.75) is 17.2 Å². The maximum Gasteiger partial charge on any atom is 2.00 e. The minimum Gasteiger partial charge on any atom is -0.657 e. The molecular weight excluding hydrogens is 1950 g/mol. The molecule has 0 aliphatic carbocycles. The standard InChI is InChI=1S/C64H20F20N8.4CHCl3.2Pd/c65-45-41(46(66)54(74)61(81)53(45)73)37-27-11-7-23(87-27)35(21-5-1-3-19-85-21)24-8-12-28(88-24)38(42-47(67)55(75)62(82)56(76)48(42)68)32-16-18-34(92-32)40(44-51(71)59(79)64(84)60(80)52(44)72)30-14-10-26(90-30)36(22-6-2-4-20-86-22)25-9-13-29(89-25)39(33-17-15-31(37)91-33)43-49(69)57(77)63(83)58(78)50(43)70;4*2-1(3)4;;/h1-20H;4*1H;;/q-4;;;;;2*+2. The summed E-state index contributed by atoms with van der Waals surface area (Å²) in [5.41, 5.74) is -17.5. The minimum atomic E-state index is -2.66. The Morgan fingerprint density at radius 1 is 0.236 bits per heavy atom. The van der Waals surface area contributed by atoms with Crippen LogP contribution in [0.15, 0.2) is 143 Å². The predicted molar refractivity (Wildman–Crippen MR) is 370 cm³/mol. The van der Waals surface area contributed by atoms with Crippen LogP contribution < -0.4 is 41.3 Å². The predicted octanol–water partition coefficient (Wildman–Crippen LogP) is 19.2. The summed E-state index contributed by atoms with van der Waals surface area (Å²) >= 11 is 57.7. The van der Waals surface area contributed by atoms with Gasteiger partial charge in [0.2, 0.25) is 23.3 Å². The second kappa shape index (κ2) is 38.5. The molecule has 0 spiro atoms. The Morgan fingerprint density at radius 3 is 0.673 bits per heavy atom. The molecule has 110 heavy (non-hydrogen) atoms. The van der Waals surface area contributed by atoms with Crippen LogP contribution in [-0.4, -0.2) is 38.6 Å². The van der Waals surface area contributed by atoms with Crippen LogP contribution in [0, 0.1) is 116 Å². The van der Waals surface area contributed by atoms with Gasteiger partial charge in [-0.3, -0.25) is 9.97 Å². The number of allylic oxidation sites excluding steroid dienone is 4. The third-order valence-corrected chi connectivity index (χ3v) is 14.6. The van der Waals surface area contributed by atoms with E-state index >= 15 is 70.2 Å². The molecule has 0 saturated heterocycles. The zero-order valence-electron chi connectivity index (χ0n) is 52.2. The van der Waals surface area contributed by atoms with Crippen LogP contribution >= 0.6 is 139 Å². The van der Waals surface area contributed by atoms with Crippen molar-refractivity contribution >= 4 is 184 Å². The van der Waals surface area contributed by atoms with E-state index in [1.54, 1.807) is 0 Å². The van der Waals surface area contributed by atoms with Gasteiger partial charge in [-0.25, -0.2) is 97.8 Å². The summed E-state index contributed by atoms with van der Waals surface area (Å²) in [5.74, 6) is -51.1. The summed E-state index contributed by atoms with van der Waals surface area (Å²) in [6.07, 6.45) is 6.17. The molecule has 0 saturated carbocycles. The van der Waals surface area contributed by atoms with Crippen molar-refractivity contribution < 1.29 is 129 Å². The fourth-order valence-corrected chi connectivity index (χ4v) is 10.5. The molecule has 3 aliphatic heterocycles. The monoisotopic (exact) mass is 1960 g/mol. The molecule has 580 valence electrons. The fourth-order valence-electron chi connectivity index (χ4n) is 10.5. The molecule has 13 rings (SSSR count). The second-order valence-corrected chi connectivity index (χ2v) is 28.7. The van der Waals surface area contributed by atoms with Crippen LogP contribution in [0.2, 0.25) is 0 Å². The molecule has 4 aromatic carbocycles. The Hall–Kier alpha value is -6.52. The quantitative estimate of drug-likeness (QED) is 0.0540. The number of hydrogen-bond donors (Lipinski definition) is 0. The van der Waals surface area contributed by atoms with Crippen molar-refractivity contribution in [1.29, 1.82) is 0 Å². The van der Waals surface area contributed by atoms with Crippen LogP contribution in [0.25, 0.3) is 33.4 Å². The van der Waals surface area contributed by atoms with Crippen molar-refractivity contribution in [3.05, 3.63) is 327 Å². The summed E-state index contributed by atoms with van der Waals surface area (Å²) in [5, 5.41) is -3.60. The van der Waals surface area contributed by atoms with E-state index in [0.29, 0.717) is 0 Å². The molecule has 8 nitrogen and oxygen atoms in total. The zero-order chi connectivity index (χ0) is 79.5. The number of fused-ring (bicyclic) bond motifs is 10. The Labute approximate surface area is 691 Å². The van der Waals surface area contributed by atoms with Crippen LogP contribution in [0.5, 0.6) is 0 Å². The third kappa shape index (κ3) is 19.1. The topological polar surface area (TPSA) is 107 Å². The van der Waals surface area contributed by atoms with E-state index in [0.717, 1.165) is 72.8 Å². The average Bonchev–Trinajstić information content (AvgIpc) is 1.55. The first-order valence-electron chi connectivity index (χ1n) is 28.6. The molecule has 42 heteroatoms. The summed E-state index contributed by atoms with van der Waals surface area (Å²) < 4.78 is 311. The van der Waals surface area contributed by atoms with Gasteiger partial charge in [0.05, 0.1) is 56.5 Å². The molecular formula is C68H24Cl12F20N8Pd2. The van der Waals surface area contributed by atoms with Gasteiger partial charge in [-0.2, -0.15) is 0 Å². The molecule has 10 aromatic rings. The minimum absolute atomic E-state index is 0. The molecule has 0 unspecified atom stereocenters. The van der Waals surface area contributed by atoms with Crippen LogP contribution in [0.3, 0.4) is 0 Å². The molecule has 9 heterocycles. The Bertz CT molecular complexity index is 5210. The first-order valence-corrected chi connectivity index (χ1v) is 33.8. The molecule has 0 radical (unpaired) electrons. The zero-order valence-corrected chi connectivity index (χ0v) is 64.3. The molecule has 6 aromatic heterocycles. The van der Waals surface area contributed by atoms with E-state index in [4.69, 9.17) is 139 Å². The van der Waals surface area contributed by atoms with Crippen molar-refractivity contribution in [2.24, 2.45) is 9.98 Å². The van der Waals surface area contributed by atoms with Crippen LogP contribution in [-0.2, 0) is 40.8 Å². The Kier molecular flexibility index (Phi) is 31.8. The van der Waals surface area contributed by atoms with Crippen molar-refractivity contribution in [3.63, 3.8) is 0 Å². The van der Waals surface area contributed by atoms with Gasteiger partial charge >= 0.3 is 40.8 Å². The number of rotatable bonds is 6. The van der Waals surface area contributed by atoms with Gasteiger partial charge in [0.25, 0.3) is 0 Å². The number of halogens is 32. The molecule has 12 bridgehead atoms. The van der Waals surface area contributed by atoms with Crippen molar-refractivity contribution in [1.82, 2.24) is 29.9 Å². The maximum absolute atomic E-state index is 16.4. The van der Waals surface area contributed by atoms with E-state index in [1.165, 1.54) is 48.8 Å². The second-order valence-electron chi connectivity index (χ2n) is 20.7. The summed E-state index contributed by atoms with van der Waals surface area (Å²) in [4.78, 5) is 34.7. The van der Waals surface area contributed by atoms with E-state index in [-0.39, 0.29) is 63.4 Å². The van der Waals surface area contributed by atoms with Crippen LogP contribution in [0.1, 0.15) is 56.4 Å². The number of pyridine rings is 2. The summed E-state index contributed by atoms with van der Waals surface area (Å²) in [7, 11) is 0. The van der Waals surface area contributed by atoms with E-state index in [2.05, 4.69) is 39.9 Å². The number of hydrogen-bond acceptors (Lipinski definition) is 4. The van der Waals surface area contributed by atoms with Gasteiger partial charge in [0.1, 0.15) is 0 Å². The Balaban J connectivity index is 0.000000854. The smallest absolute Gasteiger partial charge is 0.657 e. The molecule has 0 amide bonds. The summed E-state index contributed by atoms with van der Waals surface area (Å²) in [6, 6.07) is 14.8. The van der Waals surface area contributed by atoms with E-state index in [9.17, 15) is 17.6 Å². The van der Waals surface area contributed by atoms with Gasteiger partial charge in [-0.1, -0.05) is 200 Å². The number of aromatic nitrogens is 6. The molecule has 0 N–H and O–H groups in total. The number of benzene rings is 4. The maximum atomic E-state index is 16.4. The number of alkyl halides is 12. The van der Waals surface area contributed by atoms with E-state index in [1.807, 2.05) is 0 Å². The first-order chi connectivity index (χ1) is 50.9. The molecule has 3 aliphatic rings. The number of nitrogens with zero attached hydrogens (tertiary/aromatic N) is 8. The Morgan fingerprint density at radius 2 is 0.445 bits per heavy atom. The van der Waals surface area contributed by atoms with E-state index < -0.39 is 245 Å². The SMILES string of the molecule is ClC(Cl)Cl.ClC(Cl)Cl.ClC(Cl)Cl.ClC(Cl)Cl.Fc1c(F)c(F)c(C2=c3ccc([n-]3)=C(c3c(F)c(F)c(F)c(F)c3F)c3ccc([n-]3)C(c3ccccn3)=C3C=CC(=N3)C(c3c(F)c(F)c(F)c(F)c3F)=c3ccc([n-]3)=C(c3c(F)c(F)c(F)c(F)c3F)c3ccc([n-]3)C(c3ccccn3)=C3C=CC2=N3)c(F)c1F.[Pd+2].[Pd+2]. The molecule has 0 atom stereocenters. The van der Waals surface area contributed by atoms with Crippen LogP contribution in [0.4, 0.5) is 87.8 Å². The van der Waals surface area contributed by atoms with Gasteiger partial charge in [0.15, 0.2) is 110 Å². The van der Waals surface area contributed by atoms with Crippen molar-refractivity contribution in [2.75, 3.05) is 0 Å². The van der Waals surface area contributed by atoms with Gasteiger partial charge in [0, 0.05) is 23.5 Å². The average molecular weight is 1970 g/mol. The first kappa shape index (κ1) is 90.7. The van der Waals surface area contributed by atoms with Crippen molar-refractivity contribution in [3.8, 4) is 0 Å². The number of aliphatic imine (C=N–C) groups is 2. The third-order valence-electron chi connectivity index (χ3n) is 14.6. The largest absolute Gasteiger partial charge is 2.00 e. The summed E-state index contributed by atoms with van der Waals surface area (Å²) in [6.45, 7) is 0. The van der Waals surface area contributed by atoms with Gasteiger partial charge < -0.3 is 19.9 Å². The fraction of sp³-hybridized carbons (Fsp3) is 0.0588. The molecule has 0 fully saturated rings.